The molecule has 142 valence electrons. The molecule has 0 amide bonds. The number of hydrogen-bond donors (Lipinski definition) is 0. The van der Waals surface area contributed by atoms with Gasteiger partial charge in [-0.1, -0.05) is 65.7 Å². The number of carbonyl (C=O) groups is 1. The van der Waals surface area contributed by atoms with Crippen LogP contribution in [0.4, 0.5) is 0 Å². The van der Waals surface area contributed by atoms with Crippen molar-refractivity contribution in [2.24, 2.45) is 5.92 Å². The van der Waals surface area contributed by atoms with Gasteiger partial charge in [-0.05, 0) is 38.5 Å². The molecule has 1 heterocycles. The molecule has 0 radical (unpaired) electrons. The van der Waals surface area contributed by atoms with E-state index in [4.69, 9.17) is 9.47 Å². The predicted molar refractivity (Wildman–Crippen MR) is 100 cm³/mol. The minimum Gasteiger partial charge on any atom is -0.460 e. The molecule has 1 saturated heterocycles. The molecule has 0 aromatic rings. The zero-order valence-corrected chi connectivity index (χ0v) is 16.6. The second-order valence-electron chi connectivity index (χ2n) is 8.01. The monoisotopic (exact) mass is 340 g/mol. The summed E-state index contributed by atoms with van der Waals surface area (Å²) in [4.78, 5) is 12.0. The van der Waals surface area contributed by atoms with Crippen LogP contribution in [0.3, 0.4) is 0 Å². The molecule has 24 heavy (non-hydrogen) atoms. The van der Waals surface area contributed by atoms with Gasteiger partial charge in [0.15, 0.2) is 0 Å². The van der Waals surface area contributed by atoms with Crippen LogP contribution in [0, 0.1) is 5.92 Å². The second kappa shape index (κ2) is 11.9. The number of esters is 1. The average molecular weight is 341 g/mol. The first-order valence-corrected chi connectivity index (χ1v) is 10.3. The topological polar surface area (TPSA) is 35.5 Å². The Morgan fingerprint density at radius 2 is 1.92 bits per heavy atom. The summed E-state index contributed by atoms with van der Waals surface area (Å²) in [7, 11) is 0. The molecular weight excluding hydrogens is 300 g/mol. The van der Waals surface area contributed by atoms with Crippen molar-refractivity contribution in [3.63, 3.8) is 0 Å². The van der Waals surface area contributed by atoms with Gasteiger partial charge < -0.3 is 9.47 Å². The van der Waals surface area contributed by atoms with Crippen LogP contribution in [0.5, 0.6) is 0 Å². The van der Waals surface area contributed by atoms with Gasteiger partial charge in [-0.3, -0.25) is 4.79 Å². The molecule has 1 fully saturated rings. The molecule has 0 aromatic carbocycles. The van der Waals surface area contributed by atoms with Crippen LogP contribution in [-0.4, -0.2) is 24.3 Å². The van der Waals surface area contributed by atoms with Crippen molar-refractivity contribution in [1.29, 1.82) is 0 Å². The van der Waals surface area contributed by atoms with Gasteiger partial charge >= 0.3 is 5.97 Å². The van der Waals surface area contributed by atoms with E-state index in [0.717, 1.165) is 25.7 Å². The first kappa shape index (κ1) is 21.5. The Morgan fingerprint density at radius 1 is 1.17 bits per heavy atom. The predicted octanol–water partition coefficient (Wildman–Crippen LogP) is 6.04. The lowest BCUT2D eigenvalue weighted by Crippen LogP contribution is -2.40. The highest BCUT2D eigenvalue weighted by Crippen LogP contribution is 2.31. The third-order valence-electron chi connectivity index (χ3n) is 5.36. The van der Waals surface area contributed by atoms with Crippen LogP contribution in [0.2, 0.25) is 0 Å². The lowest BCUT2D eigenvalue weighted by Gasteiger charge is -2.37. The third-order valence-corrected chi connectivity index (χ3v) is 5.36. The summed E-state index contributed by atoms with van der Waals surface area (Å²) in [5.74, 6) is 0.574. The average Bonchev–Trinajstić information content (AvgIpc) is 2.57. The molecule has 0 aromatic heterocycles. The van der Waals surface area contributed by atoms with Crippen molar-refractivity contribution < 1.29 is 14.3 Å². The van der Waals surface area contributed by atoms with Crippen LogP contribution in [0.15, 0.2) is 0 Å². The Kier molecular flexibility index (Phi) is 10.6. The fraction of sp³-hybridized carbons (Fsp3) is 0.952. The molecule has 0 bridgehead atoms. The van der Waals surface area contributed by atoms with Crippen LogP contribution >= 0.6 is 0 Å². The van der Waals surface area contributed by atoms with E-state index in [2.05, 4.69) is 27.7 Å². The molecule has 3 nitrogen and oxygen atoms in total. The highest BCUT2D eigenvalue weighted by molar-refractivity contribution is 5.69. The molecule has 0 saturated carbocycles. The molecule has 3 unspecified atom stereocenters. The maximum atomic E-state index is 12.0. The van der Waals surface area contributed by atoms with Gasteiger partial charge in [-0.2, -0.15) is 0 Å². The summed E-state index contributed by atoms with van der Waals surface area (Å²) < 4.78 is 11.7. The highest BCUT2D eigenvalue weighted by Gasteiger charge is 2.33. The quantitative estimate of drug-likeness (QED) is 0.321. The van der Waals surface area contributed by atoms with Gasteiger partial charge in [0.25, 0.3) is 0 Å². The summed E-state index contributed by atoms with van der Waals surface area (Å²) >= 11 is 0. The maximum Gasteiger partial charge on any atom is 0.306 e. The van der Waals surface area contributed by atoms with Gasteiger partial charge in [-0.15, -0.1) is 0 Å². The number of hydrogen-bond acceptors (Lipinski definition) is 3. The smallest absolute Gasteiger partial charge is 0.306 e. The van der Waals surface area contributed by atoms with Crippen molar-refractivity contribution in [3.8, 4) is 0 Å². The van der Waals surface area contributed by atoms with Gasteiger partial charge in [0, 0.05) is 6.42 Å². The zero-order chi connectivity index (χ0) is 17.8. The summed E-state index contributed by atoms with van der Waals surface area (Å²) in [6, 6.07) is 0. The summed E-state index contributed by atoms with van der Waals surface area (Å²) in [5, 5.41) is 0. The minimum absolute atomic E-state index is 0.00862. The number of carbonyl (C=O) groups excluding carboxylic acids is 1. The molecule has 0 N–H and O–H groups in total. The molecule has 1 rings (SSSR count). The van der Waals surface area contributed by atoms with Crippen LogP contribution in [-0.2, 0) is 14.3 Å². The van der Waals surface area contributed by atoms with E-state index in [1.807, 2.05) is 0 Å². The Bertz CT molecular complexity index is 332. The fourth-order valence-corrected chi connectivity index (χ4v) is 3.44. The summed E-state index contributed by atoms with van der Waals surface area (Å²) in [5.41, 5.74) is -0.00862. The van der Waals surface area contributed by atoms with E-state index >= 15 is 0 Å². The molecule has 3 atom stereocenters. The van der Waals surface area contributed by atoms with Crippen molar-refractivity contribution >= 4 is 5.97 Å². The molecule has 1 aliphatic heterocycles. The summed E-state index contributed by atoms with van der Waals surface area (Å²) in [6.07, 6.45) is 13.4. The number of ether oxygens (including phenoxy) is 2. The van der Waals surface area contributed by atoms with E-state index in [9.17, 15) is 4.79 Å². The minimum atomic E-state index is -0.0431. The van der Waals surface area contributed by atoms with E-state index in [1.165, 1.54) is 44.9 Å². The van der Waals surface area contributed by atoms with Crippen LogP contribution < -0.4 is 0 Å². The Balaban J connectivity index is 2.17. The summed E-state index contributed by atoms with van der Waals surface area (Å²) in [6.45, 7) is 9.47. The lowest BCUT2D eigenvalue weighted by atomic mass is 9.89. The van der Waals surface area contributed by atoms with E-state index < -0.39 is 0 Å². The molecular formula is C21H40O3. The SMILES string of the molecule is CCCCCCC1(C)CCC(OC(=O)CCC(C)CCCC)CO1. The lowest BCUT2D eigenvalue weighted by molar-refractivity contribution is -0.168. The Hall–Kier alpha value is -0.570. The van der Waals surface area contributed by atoms with Gasteiger partial charge in [0.1, 0.15) is 6.10 Å². The second-order valence-corrected chi connectivity index (χ2v) is 8.01. The fourth-order valence-electron chi connectivity index (χ4n) is 3.44. The van der Waals surface area contributed by atoms with Crippen molar-refractivity contribution in [1.82, 2.24) is 0 Å². The van der Waals surface area contributed by atoms with E-state index in [0.29, 0.717) is 18.9 Å². The standard InChI is InChI=1S/C21H40O3/c1-5-7-9-10-15-21(4)16-14-19(17-23-21)24-20(22)13-12-18(3)11-8-6-2/h18-19H,5-17H2,1-4H3. The van der Waals surface area contributed by atoms with Crippen molar-refractivity contribution in [2.75, 3.05) is 6.61 Å². The zero-order valence-electron chi connectivity index (χ0n) is 16.6. The molecule has 3 heteroatoms. The number of rotatable bonds is 12. The molecule has 0 aliphatic carbocycles. The first-order chi connectivity index (χ1) is 11.5. The molecule has 0 spiro atoms. The Labute approximate surface area is 149 Å². The normalized spacial score (nSPS) is 25.4. The third kappa shape index (κ3) is 9.05. The van der Waals surface area contributed by atoms with Crippen molar-refractivity contribution in [2.45, 2.75) is 116 Å². The first-order valence-electron chi connectivity index (χ1n) is 10.3. The molecule has 1 aliphatic rings. The van der Waals surface area contributed by atoms with E-state index in [-0.39, 0.29) is 17.7 Å². The number of unbranched alkanes of at least 4 members (excludes halogenated alkanes) is 4. The van der Waals surface area contributed by atoms with Gasteiger partial charge in [-0.25, -0.2) is 0 Å². The largest absolute Gasteiger partial charge is 0.460 e. The van der Waals surface area contributed by atoms with Gasteiger partial charge in [0.05, 0.1) is 12.2 Å². The maximum absolute atomic E-state index is 12.0. The highest BCUT2D eigenvalue weighted by atomic mass is 16.6. The van der Waals surface area contributed by atoms with E-state index in [1.54, 1.807) is 0 Å². The van der Waals surface area contributed by atoms with Crippen molar-refractivity contribution in [3.05, 3.63) is 0 Å². The van der Waals surface area contributed by atoms with Gasteiger partial charge in [0.2, 0.25) is 0 Å². The van der Waals surface area contributed by atoms with Crippen LogP contribution in [0.25, 0.3) is 0 Å². The van der Waals surface area contributed by atoms with Crippen LogP contribution in [0.1, 0.15) is 105 Å². The Morgan fingerprint density at radius 3 is 2.54 bits per heavy atom.